The second kappa shape index (κ2) is 5.82. The van der Waals surface area contributed by atoms with Gasteiger partial charge < -0.3 is 5.11 Å². The molecule has 0 aliphatic carbocycles. The molecule has 106 valence electrons. The van der Waals surface area contributed by atoms with E-state index >= 15 is 0 Å². The van der Waals surface area contributed by atoms with Gasteiger partial charge in [0.15, 0.2) is 0 Å². The minimum Gasteiger partial charge on any atom is -0.392 e. The molecule has 0 spiro atoms. The van der Waals surface area contributed by atoms with Crippen LogP contribution in [0.25, 0.3) is 5.69 Å². The van der Waals surface area contributed by atoms with Gasteiger partial charge in [0.05, 0.1) is 18.5 Å². The number of tetrazole rings is 1. The third-order valence-electron chi connectivity index (χ3n) is 3.45. The van der Waals surface area contributed by atoms with Crippen LogP contribution in [0.15, 0.2) is 30.3 Å². The van der Waals surface area contributed by atoms with Crippen molar-refractivity contribution in [2.75, 3.05) is 13.1 Å². The Morgan fingerprint density at radius 2 is 2.05 bits per heavy atom. The van der Waals surface area contributed by atoms with E-state index in [2.05, 4.69) is 15.3 Å². The number of aliphatic hydroxyl groups excluding tert-OH is 1. The topological polar surface area (TPSA) is 59.1 Å². The van der Waals surface area contributed by atoms with Gasteiger partial charge in [0.1, 0.15) is 0 Å². The van der Waals surface area contributed by atoms with Crippen LogP contribution in [0, 0.1) is 4.77 Å². The van der Waals surface area contributed by atoms with Crippen molar-refractivity contribution in [2.45, 2.75) is 25.6 Å². The molecule has 0 unspecified atom stereocenters. The summed E-state index contributed by atoms with van der Waals surface area (Å²) >= 11 is 5.42. The highest BCUT2D eigenvalue weighted by Gasteiger charge is 2.18. The predicted octanol–water partition coefficient (Wildman–Crippen LogP) is 1.21. The molecule has 1 fully saturated rings. The van der Waals surface area contributed by atoms with E-state index in [0.29, 0.717) is 18.0 Å². The largest absolute Gasteiger partial charge is 0.392 e. The Morgan fingerprint density at radius 1 is 1.25 bits per heavy atom. The maximum Gasteiger partial charge on any atom is 0.221 e. The van der Waals surface area contributed by atoms with Crippen LogP contribution in [0.1, 0.15) is 12.8 Å². The Kier molecular flexibility index (Phi) is 3.90. The van der Waals surface area contributed by atoms with Crippen molar-refractivity contribution < 1.29 is 5.11 Å². The van der Waals surface area contributed by atoms with Crippen LogP contribution >= 0.6 is 12.2 Å². The number of benzene rings is 1. The molecular weight excluding hydrogens is 274 g/mol. The van der Waals surface area contributed by atoms with Gasteiger partial charge in [-0.25, -0.2) is 4.68 Å². The van der Waals surface area contributed by atoms with Gasteiger partial charge in [0.2, 0.25) is 4.77 Å². The summed E-state index contributed by atoms with van der Waals surface area (Å²) in [5.41, 5.74) is 0.905. The first-order valence-electron chi connectivity index (χ1n) is 6.73. The van der Waals surface area contributed by atoms with E-state index in [1.54, 1.807) is 9.36 Å². The van der Waals surface area contributed by atoms with Crippen molar-refractivity contribution in [3.05, 3.63) is 35.1 Å². The smallest absolute Gasteiger partial charge is 0.221 e. The van der Waals surface area contributed by atoms with E-state index in [1.165, 1.54) is 0 Å². The van der Waals surface area contributed by atoms with Gasteiger partial charge in [-0.1, -0.05) is 18.2 Å². The number of aromatic nitrogens is 4. The molecule has 1 atom stereocenters. The predicted molar refractivity (Wildman–Crippen MR) is 77.0 cm³/mol. The lowest BCUT2D eigenvalue weighted by atomic mass is 10.1. The van der Waals surface area contributed by atoms with Crippen molar-refractivity contribution in [1.29, 1.82) is 0 Å². The van der Waals surface area contributed by atoms with Gasteiger partial charge in [-0.2, -0.15) is 4.68 Å². The molecule has 6 nitrogen and oxygen atoms in total. The fraction of sp³-hybridized carbons (Fsp3) is 0.462. The first-order valence-corrected chi connectivity index (χ1v) is 7.13. The Labute approximate surface area is 122 Å². The monoisotopic (exact) mass is 291 g/mol. The molecular formula is C13H17N5OS. The van der Waals surface area contributed by atoms with Crippen LogP contribution in [0.5, 0.6) is 0 Å². The lowest BCUT2D eigenvalue weighted by Gasteiger charge is -2.29. The minimum absolute atomic E-state index is 0.248. The molecule has 1 saturated heterocycles. The number of nitrogens with zero attached hydrogens (tertiary/aromatic N) is 5. The third-order valence-corrected chi connectivity index (χ3v) is 3.84. The lowest BCUT2D eigenvalue weighted by Crippen LogP contribution is -2.39. The zero-order chi connectivity index (χ0) is 13.9. The second-order valence-electron chi connectivity index (χ2n) is 5.02. The molecule has 0 saturated carbocycles. The number of likely N-dealkylation sites (tertiary alicyclic amines) is 1. The number of para-hydroxylation sites is 1. The zero-order valence-electron chi connectivity index (χ0n) is 11.1. The van der Waals surface area contributed by atoms with Gasteiger partial charge in [-0.15, -0.1) is 0 Å². The van der Waals surface area contributed by atoms with Crippen molar-refractivity contribution in [1.82, 2.24) is 24.7 Å². The molecule has 2 aromatic rings. The number of β-amino-alcohol motifs (C(OH)–C–C–N with tert-alkyl or cyclic N) is 1. The molecule has 1 aromatic heterocycles. The molecule has 1 aliphatic heterocycles. The van der Waals surface area contributed by atoms with E-state index in [1.807, 2.05) is 30.3 Å². The van der Waals surface area contributed by atoms with Crippen molar-refractivity contribution in [3.8, 4) is 5.69 Å². The van der Waals surface area contributed by atoms with Crippen LogP contribution in [-0.4, -0.2) is 49.0 Å². The Hall–Kier alpha value is -1.57. The highest BCUT2D eigenvalue weighted by molar-refractivity contribution is 7.71. The summed E-state index contributed by atoms with van der Waals surface area (Å²) in [7, 11) is 0. The zero-order valence-corrected chi connectivity index (χ0v) is 11.9. The number of aliphatic hydroxyl groups is 1. The lowest BCUT2D eigenvalue weighted by molar-refractivity contribution is 0.0509. The molecule has 1 N–H and O–H groups in total. The average Bonchev–Trinajstić information content (AvgIpc) is 2.81. The molecule has 3 rings (SSSR count). The van der Waals surface area contributed by atoms with E-state index < -0.39 is 0 Å². The molecule has 0 radical (unpaired) electrons. The highest BCUT2D eigenvalue weighted by Crippen LogP contribution is 2.11. The Balaban J connectivity index is 1.79. The number of rotatable bonds is 3. The summed E-state index contributed by atoms with van der Waals surface area (Å²) in [4.78, 5) is 2.15. The van der Waals surface area contributed by atoms with E-state index in [-0.39, 0.29) is 6.10 Å². The first kappa shape index (κ1) is 13.4. The Bertz CT molecular complexity index is 623. The maximum atomic E-state index is 9.69. The first-order chi connectivity index (χ1) is 9.74. The Morgan fingerprint density at radius 3 is 2.80 bits per heavy atom. The maximum absolute atomic E-state index is 9.69. The van der Waals surface area contributed by atoms with Gasteiger partial charge in [0.25, 0.3) is 0 Å². The standard InChI is InChI=1S/C13H17N5OS/c19-12-7-4-8-16(9-12)10-17-13(20)18(15-14-17)11-5-2-1-3-6-11/h1-3,5-6,12,19H,4,7-10H2/t12-/m1/s1. The van der Waals surface area contributed by atoms with Crippen molar-refractivity contribution in [3.63, 3.8) is 0 Å². The van der Waals surface area contributed by atoms with Gasteiger partial charge in [-0.05, 0) is 47.6 Å². The number of piperidine rings is 1. The van der Waals surface area contributed by atoms with Crippen molar-refractivity contribution >= 4 is 12.2 Å². The molecule has 0 amide bonds. The minimum atomic E-state index is -0.248. The molecule has 7 heteroatoms. The molecule has 1 aliphatic rings. The third kappa shape index (κ3) is 2.79. The summed E-state index contributed by atoms with van der Waals surface area (Å²) in [5.74, 6) is 0. The number of hydrogen-bond donors (Lipinski definition) is 1. The van der Waals surface area contributed by atoms with Crippen LogP contribution in [-0.2, 0) is 6.67 Å². The summed E-state index contributed by atoms with van der Waals surface area (Å²) < 4.78 is 3.91. The summed E-state index contributed by atoms with van der Waals surface area (Å²) in [6.45, 7) is 2.19. The summed E-state index contributed by atoms with van der Waals surface area (Å²) in [6, 6.07) is 9.72. The summed E-state index contributed by atoms with van der Waals surface area (Å²) in [5, 5.41) is 17.9. The number of hydrogen-bond acceptors (Lipinski definition) is 5. The highest BCUT2D eigenvalue weighted by atomic mass is 32.1. The fourth-order valence-electron chi connectivity index (χ4n) is 2.44. The molecule has 1 aromatic carbocycles. The van der Waals surface area contributed by atoms with E-state index in [4.69, 9.17) is 12.2 Å². The van der Waals surface area contributed by atoms with Crippen LogP contribution in [0.3, 0.4) is 0 Å². The normalized spacial score (nSPS) is 20.1. The van der Waals surface area contributed by atoms with Crippen LogP contribution in [0.4, 0.5) is 0 Å². The SMILES string of the molecule is O[C@@H]1CCCN(Cn2nnn(-c3ccccc3)c2=S)C1. The van der Waals surface area contributed by atoms with Crippen molar-refractivity contribution in [2.24, 2.45) is 0 Å². The van der Waals surface area contributed by atoms with E-state index in [9.17, 15) is 5.11 Å². The molecule has 20 heavy (non-hydrogen) atoms. The van der Waals surface area contributed by atoms with Gasteiger partial charge >= 0.3 is 0 Å². The molecule has 2 heterocycles. The average molecular weight is 291 g/mol. The fourth-order valence-corrected chi connectivity index (χ4v) is 2.68. The summed E-state index contributed by atoms with van der Waals surface area (Å²) in [6.07, 6.45) is 1.63. The second-order valence-corrected chi connectivity index (χ2v) is 5.39. The van der Waals surface area contributed by atoms with Gasteiger partial charge in [-0.3, -0.25) is 4.90 Å². The van der Waals surface area contributed by atoms with Gasteiger partial charge in [0, 0.05) is 13.1 Å². The molecule has 0 bridgehead atoms. The van der Waals surface area contributed by atoms with E-state index in [0.717, 1.165) is 25.1 Å². The van der Waals surface area contributed by atoms with Crippen LogP contribution in [0.2, 0.25) is 0 Å². The van der Waals surface area contributed by atoms with Crippen LogP contribution < -0.4 is 0 Å². The quantitative estimate of drug-likeness (QED) is 0.862.